The molecule has 1 saturated carbocycles. The van der Waals surface area contributed by atoms with Crippen molar-refractivity contribution in [3.63, 3.8) is 0 Å². The van der Waals surface area contributed by atoms with Crippen LogP contribution in [0.3, 0.4) is 0 Å². The van der Waals surface area contributed by atoms with E-state index in [2.05, 4.69) is 43.4 Å². The summed E-state index contributed by atoms with van der Waals surface area (Å²) in [7, 11) is 0. The van der Waals surface area contributed by atoms with E-state index in [-0.39, 0.29) is 0 Å². The van der Waals surface area contributed by atoms with Gasteiger partial charge in [-0.3, -0.25) is 0 Å². The molecule has 1 atom stereocenters. The summed E-state index contributed by atoms with van der Waals surface area (Å²) in [5, 5.41) is 3.74. The lowest BCUT2D eigenvalue weighted by Crippen LogP contribution is -2.34. The minimum atomic E-state index is 0.300. The zero-order valence-electron chi connectivity index (χ0n) is 13.5. The molecule has 0 spiro atoms. The second-order valence-electron chi connectivity index (χ2n) is 7.38. The zero-order valence-corrected chi connectivity index (χ0v) is 13.5. The van der Waals surface area contributed by atoms with Crippen molar-refractivity contribution < 1.29 is 4.74 Å². The molecule has 2 nitrogen and oxygen atoms in total. The molecule has 0 heterocycles. The summed E-state index contributed by atoms with van der Waals surface area (Å²) < 4.78 is 6.04. The van der Waals surface area contributed by atoms with Crippen molar-refractivity contribution in [3.05, 3.63) is 35.4 Å². The molecule has 0 radical (unpaired) electrons. The third-order valence-electron chi connectivity index (χ3n) is 5.15. The highest BCUT2D eigenvalue weighted by Crippen LogP contribution is 2.44. The summed E-state index contributed by atoms with van der Waals surface area (Å²) in [5.74, 6) is 0. The van der Waals surface area contributed by atoms with Crippen LogP contribution in [-0.4, -0.2) is 19.3 Å². The second kappa shape index (κ2) is 6.50. The summed E-state index contributed by atoms with van der Waals surface area (Å²) in [6, 6.07) is 9.33. The lowest BCUT2D eigenvalue weighted by Gasteiger charge is -2.29. The Labute approximate surface area is 129 Å². The number of fused-ring (bicyclic) bond motifs is 1. The van der Waals surface area contributed by atoms with Gasteiger partial charge in [0.2, 0.25) is 0 Å². The standard InChI is InChI=1S/C19H29NO/c1-19(2)14-15-8-6-7-11-17(15)18(19)20-12-13-21-16-9-4-3-5-10-16/h6-8,11,16,18,20H,3-5,9-10,12-14H2,1-2H3. The van der Waals surface area contributed by atoms with E-state index in [0.717, 1.165) is 13.2 Å². The Morgan fingerprint density at radius 1 is 1.14 bits per heavy atom. The molecule has 0 bridgehead atoms. The molecule has 0 saturated heterocycles. The molecule has 0 aromatic heterocycles. The monoisotopic (exact) mass is 287 g/mol. The second-order valence-corrected chi connectivity index (χ2v) is 7.38. The molecule has 2 aliphatic rings. The molecule has 0 amide bonds. The average molecular weight is 287 g/mol. The first-order chi connectivity index (χ1) is 10.2. The Morgan fingerprint density at radius 2 is 1.90 bits per heavy atom. The topological polar surface area (TPSA) is 21.3 Å². The lowest BCUT2D eigenvalue weighted by molar-refractivity contribution is 0.0279. The maximum atomic E-state index is 6.04. The molecular weight excluding hydrogens is 258 g/mol. The molecule has 1 unspecified atom stereocenters. The van der Waals surface area contributed by atoms with Crippen molar-refractivity contribution in [2.24, 2.45) is 5.41 Å². The zero-order chi connectivity index (χ0) is 14.7. The first kappa shape index (κ1) is 15.1. The third-order valence-corrected chi connectivity index (χ3v) is 5.15. The smallest absolute Gasteiger partial charge is 0.0594 e. The molecule has 0 aliphatic heterocycles. The van der Waals surface area contributed by atoms with Crippen LogP contribution in [0.5, 0.6) is 0 Å². The quantitative estimate of drug-likeness (QED) is 0.818. The van der Waals surface area contributed by atoms with Gasteiger partial charge in [-0.1, -0.05) is 57.4 Å². The third kappa shape index (κ3) is 3.49. The predicted molar refractivity (Wildman–Crippen MR) is 87.5 cm³/mol. The van der Waals surface area contributed by atoms with E-state index in [1.54, 1.807) is 0 Å². The van der Waals surface area contributed by atoms with Gasteiger partial charge in [-0.2, -0.15) is 0 Å². The van der Waals surface area contributed by atoms with E-state index in [0.29, 0.717) is 17.6 Å². The van der Waals surface area contributed by atoms with Gasteiger partial charge in [0, 0.05) is 12.6 Å². The van der Waals surface area contributed by atoms with Gasteiger partial charge in [-0.05, 0) is 35.8 Å². The normalized spacial score (nSPS) is 25.0. The van der Waals surface area contributed by atoms with Crippen LogP contribution in [0.1, 0.15) is 63.1 Å². The number of ether oxygens (including phenoxy) is 1. The van der Waals surface area contributed by atoms with Gasteiger partial charge in [0.25, 0.3) is 0 Å². The minimum Gasteiger partial charge on any atom is -0.377 e. The fourth-order valence-electron chi connectivity index (χ4n) is 4.04. The van der Waals surface area contributed by atoms with Gasteiger partial charge in [0.15, 0.2) is 0 Å². The first-order valence-corrected chi connectivity index (χ1v) is 8.59. The van der Waals surface area contributed by atoms with E-state index < -0.39 is 0 Å². The average Bonchev–Trinajstić information content (AvgIpc) is 2.75. The summed E-state index contributed by atoms with van der Waals surface area (Å²) in [6.45, 7) is 6.54. The summed E-state index contributed by atoms with van der Waals surface area (Å²) >= 11 is 0. The van der Waals surface area contributed by atoms with Crippen molar-refractivity contribution in [2.75, 3.05) is 13.2 Å². The molecule has 3 rings (SSSR count). The van der Waals surface area contributed by atoms with E-state index in [1.807, 2.05) is 0 Å². The molecule has 1 aromatic carbocycles. The van der Waals surface area contributed by atoms with Crippen LogP contribution < -0.4 is 5.32 Å². The highest BCUT2D eigenvalue weighted by atomic mass is 16.5. The molecule has 1 fully saturated rings. The fraction of sp³-hybridized carbons (Fsp3) is 0.684. The van der Waals surface area contributed by atoms with Crippen LogP contribution in [0.25, 0.3) is 0 Å². The van der Waals surface area contributed by atoms with Gasteiger partial charge < -0.3 is 10.1 Å². The van der Waals surface area contributed by atoms with E-state index in [9.17, 15) is 0 Å². The molecule has 2 aliphatic carbocycles. The number of benzene rings is 1. The van der Waals surface area contributed by atoms with Gasteiger partial charge in [0.1, 0.15) is 0 Å². The van der Waals surface area contributed by atoms with Crippen molar-refractivity contribution in [1.82, 2.24) is 5.32 Å². The van der Waals surface area contributed by atoms with Crippen molar-refractivity contribution in [1.29, 1.82) is 0 Å². The van der Waals surface area contributed by atoms with Crippen molar-refractivity contribution in [2.45, 2.75) is 64.5 Å². The van der Waals surface area contributed by atoms with Gasteiger partial charge in [-0.25, -0.2) is 0 Å². The molecular formula is C19H29NO. The predicted octanol–water partition coefficient (Wildman–Crippen LogP) is 4.25. The summed E-state index contributed by atoms with van der Waals surface area (Å²) in [5.41, 5.74) is 3.29. The van der Waals surface area contributed by atoms with Crippen LogP contribution in [0, 0.1) is 5.41 Å². The van der Waals surface area contributed by atoms with Crippen molar-refractivity contribution in [3.8, 4) is 0 Å². The Balaban J connectivity index is 1.50. The minimum absolute atomic E-state index is 0.300. The van der Waals surface area contributed by atoms with Crippen LogP contribution in [0.2, 0.25) is 0 Å². The molecule has 2 heteroatoms. The van der Waals surface area contributed by atoms with Crippen LogP contribution in [-0.2, 0) is 11.2 Å². The molecule has 1 aromatic rings. The Hall–Kier alpha value is -0.860. The van der Waals surface area contributed by atoms with Gasteiger partial charge >= 0.3 is 0 Å². The fourth-order valence-corrected chi connectivity index (χ4v) is 4.04. The van der Waals surface area contributed by atoms with Gasteiger partial charge in [-0.15, -0.1) is 0 Å². The van der Waals surface area contributed by atoms with E-state index in [1.165, 1.54) is 49.7 Å². The van der Waals surface area contributed by atoms with Gasteiger partial charge in [0.05, 0.1) is 12.7 Å². The molecule has 21 heavy (non-hydrogen) atoms. The van der Waals surface area contributed by atoms with Crippen LogP contribution >= 0.6 is 0 Å². The highest BCUT2D eigenvalue weighted by molar-refractivity contribution is 5.37. The Bertz CT molecular complexity index is 462. The largest absolute Gasteiger partial charge is 0.377 e. The summed E-state index contributed by atoms with van der Waals surface area (Å²) in [4.78, 5) is 0. The highest BCUT2D eigenvalue weighted by Gasteiger charge is 2.38. The van der Waals surface area contributed by atoms with Crippen LogP contribution in [0.4, 0.5) is 0 Å². The van der Waals surface area contributed by atoms with Crippen LogP contribution in [0.15, 0.2) is 24.3 Å². The number of hydrogen-bond donors (Lipinski definition) is 1. The maximum Gasteiger partial charge on any atom is 0.0594 e. The molecule has 1 N–H and O–H groups in total. The molecule has 116 valence electrons. The number of hydrogen-bond acceptors (Lipinski definition) is 2. The summed E-state index contributed by atoms with van der Waals surface area (Å²) in [6.07, 6.45) is 8.30. The maximum absolute atomic E-state index is 6.04. The van der Waals surface area contributed by atoms with Crippen molar-refractivity contribution >= 4 is 0 Å². The van der Waals surface area contributed by atoms with E-state index in [4.69, 9.17) is 4.74 Å². The Morgan fingerprint density at radius 3 is 2.71 bits per heavy atom. The van der Waals surface area contributed by atoms with E-state index >= 15 is 0 Å². The first-order valence-electron chi connectivity index (χ1n) is 8.59. The Kier molecular flexibility index (Phi) is 4.66. The number of rotatable bonds is 5. The SMILES string of the molecule is CC1(C)Cc2ccccc2C1NCCOC1CCCCC1. The lowest BCUT2D eigenvalue weighted by atomic mass is 9.85. The number of nitrogens with one attached hydrogen (secondary N) is 1.